The number of hydrogen-bond donors (Lipinski definition) is 0. The second kappa shape index (κ2) is 6.97. The highest BCUT2D eigenvalue weighted by Crippen LogP contribution is 2.25. The van der Waals surface area contributed by atoms with Crippen molar-refractivity contribution < 1.29 is 4.79 Å². The number of piperidine rings is 1. The lowest BCUT2D eigenvalue weighted by molar-refractivity contribution is 0.0661. The number of pyridine rings is 1. The quantitative estimate of drug-likeness (QED) is 0.739. The summed E-state index contributed by atoms with van der Waals surface area (Å²) in [5.74, 6) is 0.676. The summed E-state index contributed by atoms with van der Waals surface area (Å²) in [6.45, 7) is 1.54. The molecule has 0 N–H and O–H groups in total. The van der Waals surface area contributed by atoms with Crippen LogP contribution in [0, 0.1) is 5.92 Å². The molecule has 3 heterocycles. The Labute approximate surface area is 146 Å². The van der Waals surface area contributed by atoms with E-state index in [1.807, 2.05) is 23.2 Å². The molecule has 0 aliphatic carbocycles. The van der Waals surface area contributed by atoms with Crippen LogP contribution in [0.5, 0.6) is 0 Å². The maximum absolute atomic E-state index is 12.6. The van der Waals surface area contributed by atoms with Gasteiger partial charge in [0.25, 0.3) is 5.91 Å². The summed E-state index contributed by atoms with van der Waals surface area (Å²) in [5, 5.41) is 1.21. The number of likely N-dealkylation sites (tertiary alicyclic amines) is 1. The highest BCUT2D eigenvalue weighted by Gasteiger charge is 2.26. The molecule has 0 bridgehead atoms. The van der Waals surface area contributed by atoms with Crippen molar-refractivity contribution in [3.05, 3.63) is 66.4 Å². The minimum absolute atomic E-state index is 0.0649. The Bertz CT molecular complexity index is 876. The molecule has 2 aromatic heterocycles. The summed E-state index contributed by atoms with van der Waals surface area (Å²) in [6, 6.07) is 12.1. The van der Waals surface area contributed by atoms with E-state index in [9.17, 15) is 4.79 Å². The second-order valence-corrected chi connectivity index (χ2v) is 6.52. The molecule has 1 saturated heterocycles. The van der Waals surface area contributed by atoms with Crippen LogP contribution in [0.25, 0.3) is 10.9 Å². The van der Waals surface area contributed by atoms with Gasteiger partial charge in [-0.25, -0.2) is 9.97 Å². The first-order valence-electron chi connectivity index (χ1n) is 8.70. The SMILES string of the molecule is O=C(c1ncccn1)N1CCC[C@H](Cc2cccc3ncccc23)C1. The summed E-state index contributed by atoms with van der Waals surface area (Å²) in [5.41, 5.74) is 2.34. The number of aromatic nitrogens is 3. The van der Waals surface area contributed by atoms with E-state index in [1.165, 1.54) is 10.9 Å². The number of carbonyl (C=O) groups excluding carboxylic acids is 1. The Hall–Kier alpha value is -2.82. The fourth-order valence-corrected chi connectivity index (χ4v) is 3.62. The molecule has 0 spiro atoms. The number of nitrogens with zero attached hydrogens (tertiary/aromatic N) is 4. The molecular formula is C20H20N4O. The molecule has 1 fully saturated rings. The number of hydrogen-bond acceptors (Lipinski definition) is 4. The topological polar surface area (TPSA) is 59.0 Å². The van der Waals surface area contributed by atoms with Crippen LogP contribution in [-0.2, 0) is 6.42 Å². The fourth-order valence-electron chi connectivity index (χ4n) is 3.62. The average molecular weight is 332 g/mol. The number of carbonyl (C=O) groups is 1. The summed E-state index contributed by atoms with van der Waals surface area (Å²) < 4.78 is 0. The smallest absolute Gasteiger partial charge is 0.291 e. The lowest BCUT2D eigenvalue weighted by Gasteiger charge is -2.32. The van der Waals surface area contributed by atoms with Gasteiger partial charge in [-0.1, -0.05) is 18.2 Å². The van der Waals surface area contributed by atoms with E-state index in [4.69, 9.17) is 0 Å². The van der Waals surface area contributed by atoms with Crippen LogP contribution in [0.4, 0.5) is 0 Å². The van der Waals surface area contributed by atoms with Crippen molar-refractivity contribution in [2.75, 3.05) is 13.1 Å². The molecule has 0 saturated carbocycles. The van der Waals surface area contributed by atoms with Gasteiger partial charge in [0.1, 0.15) is 0 Å². The van der Waals surface area contributed by atoms with Gasteiger partial charge in [-0.3, -0.25) is 9.78 Å². The van der Waals surface area contributed by atoms with Crippen LogP contribution >= 0.6 is 0 Å². The predicted octanol–water partition coefficient (Wildman–Crippen LogP) is 3.12. The third-order valence-corrected chi connectivity index (χ3v) is 4.81. The van der Waals surface area contributed by atoms with Crippen LogP contribution in [0.3, 0.4) is 0 Å². The molecule has 1 amide bonds. The molecular weight excluding hydrogens is 312 g/mol. The number of amides is 1. The van der Waals surface area contributed by atoms with Crippen molar-refractivity contribution in [2.24, 2.45) is 5.92 Å². The molecule has 4 rings (SSSR count). The van der Waals surface area contributed by atoms with Gasteiger partial charge in [0.05, 0.1) is 5.52 Å². The first kappa shape index (κ1) is 15.7. The van der Waals surface area contributed by atoms with Gasteiger partial charge in [-0.2, -0.15) is 0 Å². The van der Waals surface area contributed by atoms with Crippen LogP contribution in [0.1, 0.15) is 29.0 Å². The molecule has 0 unspecified atom stereocenters. The number of fused-ring (bicyclic) bond motifs is 1. The minimum atomic E-state index is -0.0649. The van der Waals surface area contributed by atoms with Crippen molar-refractivity contribution in [3.8, 4) is 0 Å². The lowest BCUT2D eigenvalue weighted by atomic mass is 9.89. The van der Waals surface area contributed by atoms with Gasteiger partial charge in [-0.15, -0.1) is 0 Å². The summed E-state index contributed by atoms with van der Waals surface area (Å²) >= 11 is 0. The number of rotatable bonds is 3. The summed E-state index contributed by atoms with van der Waals surface area (Å²) in [6.07, 6.45) is 8.17. The van der Waals surface area contributed by atoms with Crippen molar-refractivity contribution in [1.29, 1.82) is 0 Å². The molecule has 3 aromatic rings. The van der Waals surface area contributed by atoms with Crippen molar-refractivity contribution in [1.82, 2.24) is 19.9 Å². The van der Waals surface area contributed by atoms with Crippen molar-refractivity contribution >= 4 is 16.8 Å². The van der Waals surface area contributed by atoms with Gasteiger partial charge >= 0.3 is 0 Å². The zero-order valence-corrected chi connectivity index (χ0v) is 14.0. The van der Waals surface area contributed by atoms with Gasteiger partial charge in [-0.05, 0) is 48.9 Å². The highest BCUT2D eigenvalue weighted by molar-refractivity contribution is 5.90. The Kier molecular flexibility index (Phi) is 4.37. The van der Waals surface area contributed by atoms with Gasteiger partial charge in [0.15, 0.2) is 0 Å². The van der Waals surface area contributed by atoms with Crippen LogP contribution in [0.2, 0.25) is 0 Å². The molecule has 25 heavy (non-hydrogen) atoms. The van der Waals surface area contributed by atoms with Crippen LogP contribution in [-0.4, -0.2) is 38.8 Å². The first-order chi connectivity index (χ1) is 12.3. The minimum Gasteiger partial charge on any atom is -0.336 e. The zero-order chi connectivity index (χ0) is 17.1. The molecule has 1 aromatic carbocycles. The Morgan fingerprint density at radius 3 is 2.76 bits per heavy atom. The van der Waals surface area contributed by atoms with Crippen LogP contribution < -0.4 is 0 Å². The lowest BCUT2D eigenvalue weighted by Crippen LogP contribution is -2.41. The van der Waals surface area contributed by atoms with E-state index in [2.05, 4.69) is 33.2 Å². The Morgan fingerprint density at radius 1 is 1.04 bits per heavy atom. The molecule has 5 nitrogen and oxygen atoms in total. The Morgan fingerprint density at radius 2 is 1.88 bits per heavy atom. The fraction of sp³-hybridized carbons (Fsp3) is 0.300. The normalized spacial score (nSPS) is 17.6. The van der Waals surface area contributed by atoms with Gasteiger partial charge in [0.2, 0.25) is 5.82 Å². The van der Waals surface area contributed by atoms with Crippen molar-refractivity contribution in [2.45, 2.75) is 19.3 Å². The van der Waals surface area contributed by atoms with E-state index in [0.29, 0.717) is 5.92 Å². The third-order valence-electron chi connectivity index (χ3n) is 4.81. The third kappa shape index (κ3) is 3.36. The van der Waals surface area contributed by atoms with E-state index < -0.39 is 0 Å². The monoisotopic (exact) mass is 332 g/mol. The van der Waals surface area contributed by atoms with E-state index in [1.54, 1.807) is 18.5 Å². The maximum Gasteiger partial charge on any atom is 0.291 e. The van der Waals surface area contributed by atoms with E-state index >= 15 is 0 Å². The van der Waals surface area contributed by atoms with Crippen LogP contribution in [0.15, 0.2) is 55.0 Å². The molecule has 1 aliphatic heterocycles. The second-order valence-electron chi connectivity index (χ2n) is 6.52. The van der Waals surface area contributed by atoms with E-state index in [-0.39, 0.29) is 11.7 Å². The molecule has 126 valence electrons. The molecule has 0 radical (unpaired) electrons. The Balaban J connectivity index is 1.51. The van der Waals surface area contributed by atoms with Gasteiger partial charge in [0, 0.05) is 37.1 Å². The largest absolute Gasteiger partial charge is 0.336 e. The number of benzene rings is 1. The van der Waals surface area contributed by atoms with E-state index in [0.717, 1.165) is 37.9 Å². The summed E-state index contributed by atoms with van der Waals surface area (Å²) in [4.78, 5) is 27.1. The summed E-state index contributed by atoms with van der Waals surface area (Å²) in [7, 11) is 0. The predicted molar refractivity (Wildman–Crippen MR) is 96.1 cm³/mol. The maximum atomic E-state index is 12.6. The zero-order valence-electron chi connectivity index (χ0n) is 14.0. The molecule has 1 aliphatic rings. The average Bonchev–Trinajstić information content (AvgIpc) is 2.69. The molecule has 5 heteroatoms. The standard InChI is InChI=1S/C20H20N4O/c25-20(19-22-10-4-11-23-19)24-12-3-5-15(14-24)13-16-6-1-8-18-17(16)7-2-9-21-18/h1-2,4,6-11,15H,3,5,12-14H2/t15-/m1/s1. The van der Waals surface area contributed by atoms with Crippen molar-refractivity contribution in [3.63, 3.8) is 0 Å². The van der Waals surface area contributed by atoms with Gasteiger partial charge < -0.3 is 4.90 Å². The first-order valence-corrected chi connectivity index (χ1v) is 8.70. The molecule has 1 atom stereocenters. The highest BCUT2D eigenvalue weighted by atomic mass is 16.2.